The molecule has 1 aliphatic carbocycles. The summed E-state index contributed by atoms with van der Waals surface area (Å²) in [5.41, 5.74) is 5.39. The summed E-state index contributed by atoms with van der Waals surface area (Å²) in [5.74, 6) is 1.65. The summed E-state index contributed by atoms with van der Waals surface area (Å²) in [6.45, 7) is 1.75. The molecule has 0 amide bonds. The van der Waals surface area contributed by atoms with Crippen LogP contribution in [0.5, 0.6) is 0 Å². The highest BCUT2D eigenvalue weighted by Crippen LogP contribution is 2.24. The molecule has 0 spiro atoms. The van der Waals surface area contributed by atoms with Gasteiger partial charge in [0.1, 0.15) is 17.2 Å². The van der Waals surface area contributed by atoms with E-state index in [9.17, 15) is 0 Å². The number of rotatable bonds is 5. The number of nitrogens with one attached hydrogen (secondary N) is 3. The van der Waals surface area contributed by atoms with E-state index in [1.54, 1.807) is 6.20 Å². The molecule has 1 aromatic carbocycles. The zero-order chi connectivity index (χ0) is 18.8. The normalized spacial score (nSPS) is 16.6. The minimum absolute atomic E-state index is 0.529. The topological polar surface area (TPSA) is 74.8 Å². The summed E-state index contributed by atoms with van der Waals surface area (Å²) in [6.07, 6.45) is 9.30. The number of hydrogen-bond donors (Lipinski definition) is 3. The zero-order valence-electron chi connectivity index (χ0n) is 16.0. The second-order valence-electron chi connectivity index (χ2n) is 7.80. The van der Waals surface area contributed by atoms with E-state index >= 15 is 0 Å². The van der Waals surface area contributed by atoms with Gasteiger partial charge in [0.25, 0.3) is 0 Å². The molecule has 28 heavy (non-hydrogen) atoms. The van der Waals surface area contributed by atoms with Crippen LogP contribution in [0.25, 0.3) is 11.2 Å². The second kappa shape index (κ2) is 7.62. The first kappa shape index (κ1) is 17.2. The van der Waals surface area contributed by atoms with Gasteiger partial charge in [0.05, 0.1) is 6.20 Å². The van der Waals surface area contributed by atoms with E-state index in [0.29, 0.717) is 11.7 Å². The summed E-state index contributed by atoms with van der Waals surface area (Å²) in [4.78, 5) is 13.9. The average Bonchev–Trinajstić information content (AvgIpc) is 3.20. The number of hydrogen-bond acceptors (Lipinski definition) is 6. The highest BCUT2D eigenvalue weighted by atomic mass is 15.1. The third-order valence-electron chi connectivity index (χ3n) is 5.72. The van der Waals surface area contributed by atoms with Crippen molar-refractivity contribution in [3.05, 3.63) is 47.7 Å². The Morgan fingerprint density at radius 2 is 1.89 bits per heavy atom. The van der Waals surface area contributed by atoms with Crippen molar-refractivity contribution in [3.63, 3.8) is 0 Å². The number of anilines is 3. The van der Waals surface area contributed by atoms with E-state index < -0.39 is 0 Å². The maximum Gasteiger partial charge on any atom is 0.182 e. The van der Waals surface area contributed by atoms with Gasteiger partial charge in [-0.15, -0.1) is 0 Å². The maximum atomic E-state index is 4.70. The molecule has 1 fully saturated rings. The first-order valence-corrected chi connectivity index (χ1v) is 10.3. The van der Waals surface area contributed by atoms with Crippen LogP contribution in [-0.4, -0.2) is 27.5 Å². The van der Waals surface area contributed by atoms with Gasteiger partial charge in [-0.05, 0) is 48.6 Å². The number of aromatic nitrogens is 3. The summed E-state index contributed by atoms with van der Waals surface area (Å²) in [6, 6.07) is 11.1. The smallest absolute Gasteiger partial charge is 0.182 e. The van der Waals surface area contributed by atoms with Gasteiger partial charge in [0, 0.05) is 24.8 Å². The number of fused-ring (bicyclic) bond motifs is 2. The van der Waals surface area contributed by atoms with Crippen molar-refractivity contribution < 1.29 is 0 Å². The van der Waals surface area contributed by atoms with Crippen LogP contribution in [0, 0.1) is 0 Å². The first-order valence-electron chi connectivity index (χ1n) is 10.3. The lowest BCUT2D eigenvalue weighted by Crippen LogP contribution is -2.22. The van der Waals surface area contributed by atoms with Crippen molar-refractivity contribution in [2.45, 2.75) is 51.1 Å². The molecule has 0 atom stereocenters. The van der Waals surface area contributed by atoms with Crippen LogP contribution in [0.4, 0.5) is 17.3 Å². The summed E-state index contributed by atoms with van der Waals surface area (Å²) in [7, 11) is 0. The Hall–Kier alpha value is -2.89. The average molecular weight is 374 g/mol. The summed E-state index contributed by atoms with van der Waals surface area (Å²) in [5, 5.41) is 10.4. The van der Waals surface area contributed by atoms with Crippen molar-refractivity contribution in [1.29, 1.82) is 0 Å². The molecule has 0 saturated heterocycles. The molecule has 3 N–H and O–H groups in total. The number of nitrogens with zero attached hydrogens (tertiary/aromatic N) is 3. The number of pyridine rings is 1. The molecule has 1 aliphatic heterocycles. The van der Waals surface area contributed by atoms with E-state index in [1.807, 2.05) is 12.1 Å². The molecule has 2 aliphatic rings. The van der Waals surface area contributed by atoms with Gasteiger partial charge in [-0.2, -0.15) is 0 Å². The van der Waals surface area contributed by atoms with E-state index in [4.69, 9.17) is 4.98 Å². The predicted octanol–water partition coefficient (Wildman–Crippen LogP) is 4.35. The van der Waals surface area contributed by atoms with Gasteiger partial charge in [-0.25, -0.2) is 15.0 Å². The molecule has 1 saturated carbocycles. The van der Waals surface area contributed by atoms with Crippen molar-refractivity contribution in [1.82, 2.24) is 15.0 Å². The SMILES string of the molecule is c1cc2c(cc1CNc1cnc3ccc(NC4CCCCC4)nc3n1)NCC2. The molecule has 0 unspecified atom stereocenters. The first-order chi connectivity index (χ1) is 13.8. The van der Waals surface area contributed by atoms with Gasteiger partial charge in [-0.1, -0.05) is 31.4 Å². The molecule has 5 rings (SSSR count). The van der Waals surface area contributed by atoms with Crippen LogP contribution in [-0.2, 0) is 13.0 Å². The molecule has 144 valence electrons. The predicted molar refractivity (Wildman–Crippen MR) is 114 cm³/mol. The summed E-state index contributed by atoms with van der Waals surface area (Å²) < 4.78 is 0. The minimum atomic E-state index is 0.529. The summed E-state index contributed by atoms with van der Waals surface area (Å²) >= 11 is 0. The fraction of sp³-hybridized carbons (Fsp3) is 0.409. The van der Waals surface area contributed by atoms with Gasteiger partial charge in [0.15, 0.2) is 5.65 Å². The van der Waals surface area contributed by atoms with E-state index in [0.717, 1.165) is 36.7 Å². The van der Waals surface area contributed by atoms with Gasteiger partial charge < -0.3 is 16.0 Å². The maximum absolute atomic E-state index is 4.70. The molecular formula is C22H26N6. The van der Waals surface area contributed by atoms with Crippen molar-refractivity contribution in [2.24, 2.45) is 0 Å². The Bertz CT molecular complexity index is 980. The molecule has 3 heterocycles. The quantitative estimate of drug-likeness (QED) is 0.616. The Balaban J connectivity index is 1.29. The van der Waals surface area contributed by atoms with E-state index in [2.05, 4.69) is 44.1 Å². The van der Waals surface area contributed by atoms with Gasteiger partial charge in [0.2, 0.25) is 0 Å². The molecule has 6 nitrogen and oxygen atoms in total. The fourth-order valence-electron chi connectivity index (χ4n) is 4.16. The molecule has 6 heteroatoms. The molecule has 0 radical (unpaired) electrons. The fourth-order valence-corrected chi connectivity index (χ4v) is 4.16. The van der Waals surface area contributed by atoms with E-state index in [-0.39, 0.29) is 0 Å². The Labute approximate surface area is 165 Å². The Morgan fingerprint density at radius 3 is 2.82 bits per heavy atom. The molecular weight excluding hydrogens is 348 g/mol. The van der Waals surface area contributed by atoms with Crippen LogP contribution in [0.1, 0.15) is 43.2 Å². The lowest BCUT2D eigenvalue weighted by Gasteiger charge is -2.23. The van der Waals surface area contributed by atoms with E-state index in [1.165, 1.54) is 48.9 Å². The van der Waals surface area contributed by atoms with Crippen LogP contribution >= 0.6 is 0 Å². The standard InChI is InChI=1S/C22H26N6/c1-2-4-17(5-3-1)26-20-9-8-18-22(27-20)28-21(14-24-18)25-13-15-6-7-16-10-11-23-19(16)12-15/h6-9,12,14,17,23H,1-5,10-11,13H2,(H2,25,26,27,28). The van der Waals surface area contributed by atoms with Crippen molar-refractivity contribution in [2.75, 3.05) is 22.5 Å². The minimum Gasteiger partial charge on any atom is -0.384 e. The molecule has 2 aromatic heterocycles. The van der Waals surface area contributed by atoms with Crippen LogP contribution in [0.2, 0.25) is 0 Å². The Kier molecular flexibility index (Phi) is 4.69. The van der Waals surface area contributed by atoms with Crippen molar-refractivity contribution >= 4 is 28.5 Å². The third kappa shape index (κ3) is 3.72. The lowest BCUT2D eigenvalue weighted by atomic mass is 9.95. The zero-order valence-corrected chi connectivity index (χ0v) is 16.0. The highest BCUT2D eigenvalue weighted by Gasteiger charge is 2.14. The molecule has 0 bridgehead atoms. The monoisotopic (exact) mass is 374 g/mol. The van der Waals surface area contributed by atoms with Gasteiger partial charge >= 0.3 is 0 Å². The van der Waals surface area contributed by atoms with Crippen LogP contribution in [0.3, 0.4) is 0 Å². The van der Waals surface area contributed by atoms with Gasteiger partial charge in [-0.3, -0.25) is 0 Å². The van der Waals surface area contributed by atoms with Crippen molar-refractivity contribution in [3.8, 4) is 0 Å². The van der Waals surface area contributed by atoms with Crippen LogP contribution < -0.4 is 16.0 Å². The largest absolute Gasteiger partial charge is 0.384 e. The second-order valence-corrected chi connectivity index (χ2v) is 7.80. The van der Waals surface area contributed by atoms with Crippen LogP contribution in [0.15, 0.2) is 36.5 Å². The number of benzene rings is 1. The highest BCUT2D eigenvalue weighted by molar-refractivity contribution is 5.73. The Morgan fingerprint density at radius 1 is 1.00 bits per heavy atom. The lowest BCUT2D eigenvalue weighted by molar-refractivity contribution is 0.462. The third-order valence-corrected chi connectivity index (χ3v) is 5.72. The molecule has 3 aromatic rings.